The van der Waals surface area contributed by atoms with Crippen LogP contribution in [0.1, 0.15) is 0 Å². The van der Waals surface area contributed by atoms with Crippen LogP contribution in [0.3, 0.4) is 0 Å². The molecule has 0 bridgehead atoms. The predicted molar refractivity (Wildman–Crippen MR) is 73.1 cm³/mol. The molecule has 7 heteroatoms. The Morgan fingerprint density at radius 3 is 2.20 bits per heavy atom. The highest BCUT2D eigenvalue weighted by Gasteiger charge is 2.15. The Kier molecular flexibility index (Phi) is 4.29. The molecule has 0 spiro atoms. The van der Waals surface area contributed by atoms with E-state index in [2.05, 4.69) is 26.6 Å². The van der Waals surface area contributed by atoms with Crippen LogP contribution < -0.4 is 10.6 Å². The summed E-state index contributed by atoms with van der Waals surface area (Å²) in [5, 5.41) is 4.52. The van der Waals surface area contributed by atoms with E-state index in [-0.39, 0.29) is 0 Å². The molecule has 2 aromatic rings. The van der Waals surface area contributed by atoms with Gasteiger partial charge in [0.1, 0.15) is 0 Å². The van der Waals surface area contributed by atoms with Gasteiger partial charge in [-0.3, -0.25) is 0 Å². The normalized spacial score (nSPS) is 10.2. The predicted octanol–water partition coefficient (Wildman–Crippen LogP) is 4.51. The summed E-state index contributed by atoms with van der Waals surface area (Å²) in [5.41, 5.74) is 0.0206. The lowest BCUT2D eigenvalue weighted by Gasteiger charge is -2.09. The largest absolute Gasteiger partial charge is 0.323 e. The Morgan fingerprint density at radius 1 is 0.900 bits per heavy atom. The first kappa shape index (κ1) is 14.4. The molecule has 0 saturated carbocycles. The molecule has 0 aliphatic carbocycles. The molecule has 0 radical (unpaired) electrons. The van der Waals surface area contributed by atoms with Crippen molar-refractivity contribution in [3.63, 3.8) is 0 Å². The van der Waals surface area contributed by atoms with E-state index in [1.807, 2.05) is 0 Å². The fraction of sp³-hybridized carbons (Fsp3) is 0. The molecule has 104 valence electrons. The number of halogens is 4. The van der Waals surface area contributed by atoms with Crippen molar-refractivity contribution in [1.29, 1.82) is 0 Å². The number of rotatable bonds is 2. The van der Waals surface area contributed by atoms with Gasteiger partial charge in [-0.25, -0.2) is 18.0 Å². The Bertz CT molecular complexity index is 647. The van der Waals surface area contributed by atoms with E-state index in [9.17, 15) is 18.0 Å². The lowest BCUT2D eigenvalue weighted by atomic mass is 10.3. The number of amides is 2. The van der Waals surface area contributed by atoms with E-state index in [0.717, 1.165) is 16.6 Å². The Morgan fingerprint density at radius 2 is 1.55 bits per heavy atom. The average Bonchev–Trinajstić information content (AvgIpc) is 2.42. The van der Waals surface area contributed by atoms with Gasteiger partial charge in [0, 0.05) is 10.2 Å². The zero-order chi connectivity index (χ0) is 14.7. The van der Waals surface area contributed by atoms with Crippen LogP contribution in [-0.4, -0.2) is 6.03 Å². The monoisotopic (exact) mass is 344 g/mol. The number of anilines is 2. The molecule has 20 heavy (non-hydrogen) atoms. The highest BCUT2D eigenvalue weighted by Crippen LogP contribution is 2.20. The third kappa shape index (κ3) is 3.30. The van der Waals surface area contributed by atoms with Crippen LogP contribution in [0.25, 0.3) is 0 Å². The van der Waals surface area contributed by atoms with E-state index < -0.39 is 29.2 Å². The van der Waals surface area contributed by atoms with Gasteiger partial charge in [-0.2, -0.15) is 0 Å². The maximum Gasteiger partial charge on any atom is 0.323 e. The van der Waals surface area contributed by atoms with Crippen molar-refractivity contribution in [2.75, 3.05) is 10.6 Å². The second kappa shape index (κ2) is 5.96. The summed E-state index contributed by atoms with van der Waals surface area (Å²) in [5.74, 6) is -4.40. The molecule has 0 atom stereocenters. The van der Waals surface area contributed by atoms with Gasteiger partial charge in [0.2, 0.25) is 0 Å². The third-order valence-electron chi connectivity index (χ3n) is 2.39. The van der Waals surface area contributed by atoms with Gasteiger partial charge in [0.05, 0.1) is 5.69 Å². The number of nitrogens with one attached hydrogen (secondary N) is 2. The molecule has 0 aliphatic rings. The fourth-order valence-electron chi connectivity index (χ4n) is 1.44. The Balaban J connectivity index is 2.08. The number of carbonyl (C=O) groups excluding carboxylic acids is 1. The van der Waals surface area contributed by atoms with Gasteiger partial charge < -0.3 is 10.6 Å². The van der Waals surface area contributed by atoms with E-state index in [4.69, 9.17) is 0 Å². The Labute approximate surface area is 120 Å². The first-order chi connectivity index (χ1) is 9.47. The first-order valence-corrected chi connectivity index (χ1v) is 6.24. The van der Waals surface area contributed by atoms with Gasteiger partial charge >= 0.3 is 6.03 Å². The molecule has 2 N–H and O–H groups in total. The van der Waals surface area contributed by atoms with Crippen LogP contribution in [0.2, 0.25) is 0 Å². The summed E-state index contributed by atoms with van der Waals surface area (Å²) in [6, 6.07) is 7.54. The zero-order valence-electron chi connectivity index (χ0n) is 9.88. The minimum atomic E-state index is -1.63. The van der Waals surface area contributed by atoms with Crippen molar-refractivity contribution in [1.82, 2.24) is 0 Å². The van der Waals surface area contributed by atoms with Crippen molar-refractivity contribution in [3.05, 3.63) is 58.3 Å². The van der Waals surface area contributed by atoms with Crippen molar-refractivity contribution < 1.29 is 18.0 Å². The lowest BCUT2D eigenvalue weighted by molar-refractivity contribution is 0.262. The van der Waals surface area contributed by atoms with Crippen molar-refractivity contribution in [3.8, 4) is 0 Å². The summed E-state index contributed by atoms with van der Waals surface area (Å²) in [6.45, 7) is 0. The van der Waals surface area contributed by atoms with Gasteiger partial charge in [-0.1, -0.05) is 15.9 Å². The fourth-order valence-corrected chi connectivity index (χ4v) is 1.70. The Hall–Kier alpha value is -2.02. The van der Waals surface area contributed by atoms with Crippen LogP contribution in [0.4, 0.5) is 29.3 Å². The molecule has 0 aromatic heterocycles. The highest BCUT2D eigenvalue weighted by molar-refractivity contribution is 9.10. The molecule has 2 aromatic carbocycles. The van der Waals surface area contributed by atoms with E-state index in [1.54, 1.807) is 24.3 Å². The third-order valence-corrected chi connectivity index (χ3v) is 2.91. The standard InChI is InChI=1S/C13H8BrF3N2O/c14-7-1-3-8(4-2-7)18-13(20)19-10-6-5-9(15)11(16)12(10)17/h1-6H,(H2,18,19,20). The second-order valence-electron chi connectivity index (χ2n) is 3.81. The second-order valence-corrected chi connectivity index (χ2v) is 4.72. The van der Waals surface area contributed by atoms with Crippen LogP contribution in [0.15, 0.2) is 40.9 Å². The maximum absolute atomic E-state index is 13.4. The topological polar surface area (TPSA) is 41.1 Å². The minimum Gasteiger partial charge on any atom is -0.308 e. The van der Waals surface area contributed by atoms with Gasteiger partial charge in [0.25, 0.3) is 0 Å². The van der Waals surface area contributed by atoms with Crippen molar-refractivity contribution >= 4 is 33.3 Å². The summed E-state index contributed by atoms with van der Waals surface area (Å²) >= 11 is 3.23. The molecule has 0 unspecified atom stereocenters. The van der Waals surface area contributed by atoms with Crippen LogP contribution in [-0.2, 0) is 0 Å². The lowest BCUT2D eigenvalue weighted by Crippen LogP contribution is -2.20. The summed E-state index contributed by atoms with van der Waals surface area (Å²) in [7, 11) is 0. The zero-order valence-corrected chi connectivity index (χ0v) is 11.5. The molecule has 0 aliphatic heterocycles. The number of hydrogen-bond donors (Lipinski definition) is 2. The molecule has 0 saturated heterocycles. The SMILES string of the molecule is O=C(Nc1ccc(Br)cc1)Nc1ccc(F)c(F)c1F. The van der Waals surface area contributed by atoms with Crippen LogP contribution in [0, 0.1) is 17.5 Å². The van der Waals surface area contributed by atoms with Crippen LogP contribution >= 0.6 is 15.9 Å². The van der Waals surface area contributed by atoms with Gasteiger partial charge in [-0.05, 0) is 36.4 Å². The highest BCUT2D eigenvalue weighted by atomic mass is 79.9. The number of hydrogen-bond acceptors (Lipinski definition) is 1. The minimum absolute atomic E-state index is 0.446. The molecule has 0 heterocycles. The maximum atomic E-state index is 13.4. The number of carbonyl (C=O) groups is 1. The smallest absolute Gasteiger partial charge is 0.308 e. The molecular formula is C13H8BrF3N2O. The molecule has 2 amide bonds. The summed E-state index contributed by atoms with van der Waals surface area (Å²) in [6.07, 6.45) is 0. The molecule has 2 rings (SSSR count). The summed E-state index contributed by atoms with van der Waals surface area (Å²) in [4.78, 5) is 11.6. The summed E-state index contributed by atoms with van der Waals surface area (Å²) < 4.78 is 39.9. The molecule has 0 fully saturated rings. The molecular weight excluding hydrogens is 337 g/mol. The number of benzene rings is 2. The van der Waals surface area contributed by atoms with E-state index >= 15 is 0 Å². The average molecular weight is 345 g/mol. The quantitative estimate of drug-likeness (QED) is 0.773. The van der Waals surface area contributed by atoms with E-state index in [0.29, 0.717) is 5.69 Å². The number of urea groups is 1. The molecule has 3 nitrogen and oxygen atoms in total. The van der Waals surface area contributed by atoms with Crippen molar-refractivity contribution in [2.45, 2.75) is 0 Å². The van der Waals surface area contributed by atoms with Crippen molar-refractivity contribution in [2.24, 2.45) is 0 Å². The van der Waals surface area contributed by atoms with Gasteiger partial charge in [-0.15, -0.1) is 0 Å². The van der Waals surface area contributed by atoms with E-state index in [1.165, 1.54) is 0 Å². The van der Waals surface area contributed by atoms with Gasteiger partial charge in [0.15, 0.2) is 17.5 Å². The van der Waals surface area contributed by atoms with Crippen LogP contribution in [0.5, 0.6) is 0 Å². The first-order valence-electron chi connectivity index (χ1n) is 5.44.